The van der Waals surface area contributed by atoms with Crippen molar-refractivity contribution in [3.63, 3.8) is 0 Å². The van der Waals surface area contributed by atoms with Gasteiger partial charge in [-0.15, -0.1) is 12.4 Å². The molecule has 2 rings (SSSR count). The monoisotopic (exact) mass is 279 g/mol. The smallest absolute Gasteiger partial charge is 0.333 e. The molecular weight excluding hydrogens is 266 g/mol. The SMILES string of the molecule is Cl.NNC(=O)Nc1ccc(Oc2ccccc2)cc1. The molecule has 0 saturated carbocycles. The van der Waals surface area contributed by atoms with Crippen molar-refractivity contribution in [2.24, 2.45) is 5.84 Å². The highest BCUT2D eigenvalue weighted by molar-refractivity contribution is 5.88. The number of hydrogen-bond donors (Lipinski definition) is 3. The van der Waals surface area contributed by atoms with Crippen LogP contribution in [-0.4, -0.2) is 6.03 Å². The average molecular weight is 280 g/mol. The van der Waals surface area contributed by atoms with Gasteiger partial charge in [0.2, 0.25) is 0 Å². The number of nitrogens with two attached hydrogens (primary N) is 1. The van der Waals surface area contributed by atoms with Gasteiger partial charge in [-0.05, 0) is 36.4 Å². The minimum atomic E-state index is -0.466. The molecule has 0 fully saturated rings. The van der Waals surface area contributed by atoms with E-state index in [0.29, 0.717) is 11.4 Å². The van der Waals surface area contributed by atoms with Crippen LogP contribution in [0.2, 0.25) is 0 Å². The number of halogens is 1. The zero-order chi connectivity index (χ0) is 12.8. The Balaban J connectivity index is 0.00000180. The summed E-state index contributed by atoms with van der Waals surface area (Å²) in [4.78, 5) is 11.0. The number of anilines is 1. The largest absolute Gasteiger partial charge is 0.457 e. The molecule has 0 aliphatic rings. The van der Waals surface area contributed by atoms with Gasteiger partial charge in [-0.25, -0.2) is 10.6 Å². The molecule has 2 amide bonds. The predicted octanol–water partition coefficient (Wildman–Crippen LogP) is 2.90. The summed E-state index contributed by atoms with van der Waals surface area (Å²) in [6.45, 7) is 0. The third kappa shape index (κ3) is 4.50. The van der Waals surface area contributed by atoms with Crippen molar-refractivity contribution in [1.29, 1.82) is 0 Å². The van der Waals surface area contributed by atoms with Gasteiger partial charge in [0.05, 0.1) is 0 Å². The van der Waals surface area contributed by atoms with Gasteiger partial charge in [0.15, 0.2) is 0 Å². The first-order valence-corrected chi connectivity index (χ1v) is 5.38. The molecule has 6 heteroatoms. The molecule has 0 aromatic heterocycles. The molecule has 0 aliphatic carbocycles. The molecule has 2 aromatic carbocycles. The first kappa shape index (κ1) is 14.8. The maximum Gasteiger partial charge on any atom is 0.333 e. The fourth-order valence-electron chi connectivity index (χ4n) is 1.40. The van der Waals surface area contributed by atoms with E-state index < -0.39 is 6.03 Å². The van der Waals surface area contributed by atoms with Gasteiger partial charge in [-0.2, -0.15) is 0 Å². The summed E-state index contributed by atoms with van der Waals surface area (Å²) in [6.07, 6.45) is 0. The summed E-state index contributed by atoms with van der Waals surface area (Å²) in [5, 5.41) is 2.55. The maximum absolute atomic E-state index is 11.0. The van der Waals surface area contributed by atoms with Gasteiger partial charge in [0, 0.05) is 5.69 Å². The normalized spacial score (nSPS) is 9.11. The van der Waals surface area contributed by atoms with Crippen LogP contribution in [0.15, 0.2) is 54.6 Å². The Morgan fingerprint density at radius 1 is 0.947 bits per heavy atom. The summed E-state index contributed by atoms with van der Waals surface area (Å²) in [7, 11) is 0. The molecule has 5 nitrogen and oxygen atoms in total. The molecule has 100 valence electrons. The second kappa shape index (κ2) is 7.25. The van der Waals surface area contributed by atoms with E-state index >= 15 is 0 Å². The minimum absolute atomic E-state index is 0. The highest BCUT2D eigenvalue weighted by Crippen LogP contribution is 2.22. The van der Waals surface area contributed by atoms with Crippen LogP contribution in [0.5, 0.6) is 11.5 Å². The Morgan fingerprint density at radius 3 is 2.11 bits per heavy atom. The molecule has 0 unspecified atom stereocenters. The molecule has 0 radical (unpaired) electrons. The van der Waals surface area contributed by atoms with Gasteiger partial charge in [-0.3, -0.25) is 5.43 Å². The fraction of sp³-hybridized carbons (Fsp3) is 0. The average Bonchev–Trinajstić information content (AvgIpc) is 2.42. The van der Waals surface area contributed by atoms with Crippen molar-refractivity contribution < 1.29 is 9.53 Å². The van der Waals surface area contributed by atoms with Gasteiger partial charge in [0.25, 0.3) is 0 Å². The fourth-order valence-corrected chi connectivity index (χ4v) is 1.40. The molecule has 0 aliphatic heterocycles. The van der Waals surface area contributed by atoms with E-state index in [-0.39, 0.29) is 12.4 Å². The summed E-state index contributed by atoms with van der Waals surface area (Å²) in [6, 6.07) is 16.0. The number of hydrazine groups is 1. The van der Waals surface area contributed by atoms with Crippen LogP contribution in [0.1, 0.15) is 0 Å². The predicted molar refractivity (Wildman–Crippen MR) is 76.5 cm³/mol. The van der Waals surface area contributed by atoms with Crippen LogP contribution in [0.3, 0.4) is 0 Å². The zero-order valence-corrected chi connectivity index (χ0v) is 10.8. The number of amides is 2. The summed E-state index contributed by atoms with van der Waals surface area (Å²) in [5.74, 6) is 6.42. The van der Waals surface area contributed by atoms with Gasteiger partial charge < -0.3 is 10.1 Å². The quantitative estimate of drug-likeness (QED) is 0.459. The number of hydrogen-bond acceptors (Lipinski definition) is 3. The highest BCUT2D eigenvalue weighted by Gasteiger charge is 2.00. The highest BCUT2D eigenvalue weighted by atomic mass is 35.5. The van der Waals surface area contributed by atoms with Gasteiger partial charge >= 0.3 is 6.03 Å². The van der Waals surface area contributed by atoms with E-state index in [0.717, 1.165) is 5.75 Å². The lowest BCUT2D eigenvalue weighted by Gasteiger charge is -2.07. The first-order chi connectivity index (χ1) is 8.78. The summed E-state index contributed by atoms with van der Waals surface area (Å²) in [5.41, 5.74) is 2.62. The first-order valence-electron chi connectivity index (χ1n) is 5.38. The Labute approximate surface area is 117 Å². The van der Waals surface area contributed by atoms with Crippen molar-refractivity contribution in [1.82, 2.24) is 5.43 Å². The van der Waals surface area contributed by atoms with Gasteiger partial charge in [0.1, 0.15) is 11.5 Å². The molecule has 2 aromatic rings. The number of urea groups is 1. The number of para-hydroxylation sites is 1. The summed E-state index contributed by atoms with van der Waals surface area (Å²) >= 11 is 0. The second-order valence-corrected chi connectivity index (χ2v) is 3.54. The van der Waals surface area contributed by atoms with Crippen LogP contribution >= 0.6 is 12.4 Å². The van der Waals surface area contributed by atoms with E-state index in [1.54, 1.807) is 24.3 Å². The molecular formula is C13H14ClN3O2. The van der Waals surface area contributed by atoms with Crippen molar-refractivity contribution >= 4 is 24.1 Å². The lowest BCUT2D eigenvalue weighted by atomic mass is 10.3. The molecule has 0 atom stereocenters. The van der Waals surface area contributed by atoms with E-state index in [1.807, 2.05) is 35.8 Å². The third-order valence-corrected chi connectivity index (χ3v) is 2.22. The molecule has 19 heavy (non-hydrogen) atoms. The van der Waals surface area contributed by atoms with Gasteiger partial charge in [-0.1, -0.05) is 18.2 Å². The van der Waals surface area contributed by atoms with E-state index in [9.17, 15) is 4.79 Å². The maximum atomic E-state index is 11.0. The van der Waals surface area contributed by atoms with Crippen molar-refractivity contribution in [3.8, 4) is 11.5 Å². The van der Waals surface area contributed by atoms with Crippen molar-refractivity contribution in [3.05, 3.63) is 54.6 Å². The Kier molecular flexibility index (Phi) is 5.66. The van der Waals surface area contributed by atoms with Crippen LogP contribution in [0, 0.1) is 0 Å². The Bertz CT molecular complexity index is 517. The van der Waals surface area contributed by atoms with E-state index in [1.165, 1.54) is 0 Å². The van der Waals surface area contributed by atoms with Crippen LogP contribution in [0.4, 0.5) is 10.5 Å². The number of nitrogens with one attached hydrogen (secondary N) is 2. The lowest BCUT2D eigenvalue weighted by molar-refractivity contribution is 0.252. The number of rotatable bonds is 3. The Morgan fingerprint density at radius 2 is 1.53 bits per heavy atom. The van der Waals surface area contributed by atoms with Crippen LogP contribution < -0.4 is 21.3 Å². The van der Waals surface area contributed by atoms with E-state index in [4.69, 9.17) is 10.6 Å². The molecule has 4 N–H and O–H groups in total. The van der Waals surface area contributed by atoms with Crippen molar-refractivity contribution in [2.45, 2.75) is 0 Å². The number of carbonyl (C=O) groups is 1. The standard InChI is InChI=1S/C13H13N3O2.ClH/c14-16-13(17)15-10-6-8-12(9-7-10)18-11-4-2-1-3-5-11;/h1-9H,14H2,(H2,15,16,17);1H. The number of benzene rings is 2. The lowest BCUT2D eigenvalue weighted by Crippen LogP contribution is -2.34. The molecule has 0 heterocycles. The van der Waals surface area contributed by atoms with Crippen molar-refractivity contribution in [2.75, 3.05) is 5.32 Å². The van der Waals surface area contributed by atoms with Crippen LogP contribution in [-0.2, 0) is 0 Å². The molecule has 0 bridgehead atoms. The van der Waals surface area contributed by atoms with Crippen LogP contribution in [0.25, 0.3) is 0 Å². The number of ether oxygens (including phenoxy) is 1. The zero-order valence-electron chi connectivity index (χ0n) is 10.00. The third-order valence-electron chi connectivity index (χ3n) is 2.22. The topological polar surface area (TPSA) is 76.4 Å². The Hall–Kier alpha value is -2.24. The second-order valence-electron chi connectivity index (χ2n) is 3.54. The molecule has 0 spiro atoms. The van der Waals surface area contributed by atoms with E-state index in [2.05, 4.69) is 5.32 Å². The minimum Gasteiger partial charge on any atom is -0.457 e. The number of carbonyl (C=O) groups excluding carboxylic acids is 1. The summed E-state index contributed by atoms with van der Waals surface area (Å²) < 4.78 is 5.61. The molecule has 0 saturated heterocycles.